The van der Waals surface area contributed by atoms with Crippen LogP contribution in [0.2, 0.25) is 0 Å². The molecule has 0 spiro atoms. The number of hydrogen-bond acceptors (Lipinski definition) is 4. The molecule has 0 aliphatic heterocycles. The molecule has 4 nitrogen and oxygen atoms in total. The van der Waals surface area contributed by atoms with Gasteiger partial charge in [0.05, 0.1) is 23.8 Å². The Hall–Kier alpha value is -1.84. The van der Waals surface area contributed by atoms with Gasteiger partial charge < -0.3 is 9.47 Å². The van der Waals surface area contributed by atoms with E-state index in [1.807, 2.05) is 6.92 Å². The Labute approximate surface area is 158 Å². The molecule has 0 saturated heterocycles. The van der Waals surface area contributed by atoms with Gasteiger partial charge in [0.1, 0.15) is 0 Å². The summed E-state index contributed by atoms with van der Waals surface area (Å²) in [6.07, 6.45) is 9.44. The van der Waals surface area contributed by atoms with E-state index in [-0.39, 0.29) is 17.2 Å². The first kappa shape index (κ1) is 22.2. The zero-order valence-electron chi connectivity index (χ0n) is 16.6. The fraction of sp³-hybridized carbons (Fsp3) is 0.636. The van der Waals surface area contributed by atoms with Crippen LogP contribution in [0.1, 0.15) is 99.3 Å². The number of unbranched alkanes of at least 4 members (excludes halogenated alkanes) is 6. The van der Waals surface area contributed by atoms with Crippen molar-refractivity contribution >= 4 is 11.9 Å². The molecule has 0 heterocycles. The first-order chi connectivity index (χ1) is 12.6. The average Bonchev–Trinajstić information content (AvgIpc) is 2.64. The van der Waals surface area contributed by atoms with Gasteiger partial charge in [0.15, 0.2) is 0 Å². The lowest BCUT2D eigenvalue weighted by atomic mass is 10.1. The Morgan fingerprint density at radius 2 is 1.42 bits per heavy atom. The predicted octanol–water partition coefficient (Wildman–Crippen LogP) is 5.94. The largest absolute Gasteiger partial charge is 0.462 e. The second-order valence-corrected chi connectivity index (χ2v) is 6.81. The lowest BCUT2D eigenvalue weighted by molar-refractivity contribution is 0.0307. The molecule has 1 unspecified atom stereocenters. The lowest BCUT2D eigenvalue weighted by Crippen LogP contribution is -2.18. The molecule has 0 fully saturated rings. The van der Waals surface area contributed by atoms with Crippen LogP contribution in [0.5, 0.6) is 0 Å². The molecule has 1 rings (SSSR count). The van der Waals surface area contributed by atoms with E-state index in [1.165, 1.54) is 12.8 Å². The Balaban J connectivity index is 2.54. The topological polar surface area (TPSA) is 52.6 Å². The van der Waals surface area contributed by atoms with Crippen LogP contribution in [-0.2, 0) is 9.47 Å². The fourth-order valence-corrected chi connectivity index (χ4v) is 2.77. The number of carbonyl (C=O) groups is 2. The maximum absolute atomic E-state index is 12.4. The molecule has 0 amide bonds. The van der Waals surface area contributed by atoms with Gasteiger partial charge in [-0.05, 0) is 38.3 Å². The minimum Gasteiger partial charge on any atom is -0.462 e. The van der Waals surface area contributed by atoms with Crippen molar-refractivity contribution in [1.29, 1.82) is 0 Å². The second kappa shape index (κ2) is 13.4. The van der Waals surface area contributed by atoms with Crippen LogP contribution in [-0.4, -0.2) is 24.6 Å². The first-order valence-electron chi connectivity index (χ1n) is 10.1. The number of carbonyl (C=O) groups excluding carboxylic acids is 2. The molecule has 0 radical (unpaired) electrons. The minimum absolute atomic E-state index is 0.156. The molecule has 1 atom stereocenters. The lowest BCUT2D eigenvalue weighted by Gasteiger charge is -2.14. The predicted molar refractivity (Wildman–Crippen MR) is 105 cm³/mol. The number of hydrogen-bond donors (Lipinski definition) is 0. The minimum atomic E-state index is -0.454. The SMILES string of the molecule is CCCCCCCOC(=O)c1ccccc1C(=O)OC(C)CCCCC. The van der Waals surface area contributed by atoms with Gasteiger partial charge in [0.2, 0.25) is 0 Å². The summed E-state index contributed by atoms with van der Waals surface area (Å²) in [6, 6.07) is 6.72. The van der Waals surface area contributed by atoms with E-state index in [9.17, 15) is 9.59 Å². The molecule has 0 saturated carbocycles. The Kier molecular flexibility index (Phi) is 11.4. The van der Waals surface area contributed by atoms with Crippen molar-refractivity contribution in [3.05, 3.63) is 35.4 Å². The molecule has 26 heavy (non-hydrogen) atoms. The zero-order valence-corrected chi connectivity index (χ0v) is 16.6. The van der Waals surface area contributed by atoms with Gasteiger partial charge in [0.25, 0.3) is 0 Å². The van der Waals surface area contributed by atoms with Crippen LogP contribution in [0.15, 0.2) is 24.3 Å². The van der Waals surface area contributed by atoms with Crippen molar-refractivity contribution in [2.45, 2.75) is 84.7 Å². The zero-order chi connectivity index (χ0) is 19.2. The summed E-state index contributed by atoms with van der Waals surface area (Å²) < 4.78 is 10.8. The maximum atomic E-state index is 12.4. The Bertz CT molecular complexity index is 539. The van der Waals surface area contributed by atoms with Crippen LogP contribution in [0.25, 0.3) is 0 Å². The van der Waals surface area contributed by atoms with Crippen molar-refractivity contribution in [2.75, 3.05) is 6.61 Å². The monoisotopic (exact) mass is 362 g/mol. The third-order valence-corrected chi connectivity index (χ3v) is 4.37. The Morgan fingerprint density at radius 3 is 2.08 bits per heavy atom. The third-order valence-electron chi connectivity index (χ3n) is 4.37. The molecular weight excluding hydrogens is 328 g/mol. The summed E-state index contributed by atoms with van der Waals surface area (Å²) in [5.74, 6) is -0.906. The van der Waals surface area contributed by atoms with Crippen LogP contribution in [0, 0.1) is 0 Å². The number of ether oxygens (including phenoxy) is 2. The standard InChI is InChI=1S/C22H34O4/c1-4-6-8-9-13-17-25-21(23)19-15-11-12-16-20(19)22(24)26-18(3)14-10-7-5-2/h11-12,15-16,18H,4-10,13-14,17H2,1-3H3. The van der Waals surface area contributed by atoms with Crippen molar-refractivity contribution in [1.82, 2.24) is 0 Å². The van der Waals surface area contributed by atoms with Crippen LogP contribution in [0.3, 0.4) is 0 Å². The quantitative estimate of drug-likeness (QED) is 0.322. The van der Waals surface area contributed by atoms with E-state index in [0.717, 1.165) is 44.9 Å². The summed E-state index contributed by atoms with van der Waals surface area (Å²) in [5, 5.41) is 0. The highest BCUT2D eigenvalue weighted by atomic mass is 16.5. The van der Waals surface area contributed by atoms with E-state index >= 15 is 0 Å². The third kappa shape index (κ3) is 8.50. The molecule has 0 aliphatic rings. The van der Waals surface area contributed by atoms with E-state index in [4.69, 9.17) is 9.47 Å². The highest BCUT2D eigenvalue weighted by Gasteiger charge is 2.20. The van der Waals surface area contributed by atoms with Crippen molar-refractivity contribution in [3.8, 4) is 0 Å². The van der Waals surface area contributed by atoms with Crippen molar-refractivity contribution < 1.29 is 19.1 Å². The normalized spacial score (nSPS) is 11.8. The molecule has 1 aromatic carbocycles. The van der Waals surface area contributed by atoms with Crippen molar-refractivity contribution in [2.24, 2.45) is 0 Å². The summed E-state index contributed by atoms with van der Waals surface area (Å²) in [7, 11) is 0. The molecule has 4 heteroatoms. The summed E-state index contributed by atoms with van der Waals surface area (Å²) in [6.45, 7) is 6.59. The molecule has 0 N–H and O–H groups in total. The van der Waals surface area contributed by atoms with Gasteiger partial charge >= 0.3 is 11.9 Å². The summed E-state index contributed by atoms with van der Waals surface area (Å²) >= 11 is 0. The van der Waals surface area contributed by atoms with Gasteiger partial charge in [-0.1, -0.05) is 64.5 Å². The number of benzene rings is 1. The highest BCUT2D eigenvalue weighted by Crippen LogP contribution is 2.15. The van der Waals surface area contributed by atoms with E-state index in [0.29, 0.717) is 6.61 Å². The summed E-state index contributed by atoms with van der Waals surface area (Å²) in [5.41, 5.74) is 0.567. The van der Waals surface area contributed by atoms with Crippen LogP contribution < -0.4 is 0 Å². The van der Waals surface area contributed by atoms with E-state index in [2.05, 4.69) is 13.8 Å². The molecule has 0 aromatic heterocycles. The maximum Gasteiger partial charge on any atom is 0.339 e. The summed E-state index contributed by atoms with van der Waals surface area (Å²) in [4.78, 5) is 24.8. The first-order valence-corrected chi connectivity index (χ1v) is 10.1. The molecule has 0 aliphatic carbocycles. The van der Waals surface area contributed by atoms with Gasteiger partial charge in [-0.15, -0.1) is 0 Å². The van der Waals surface area contributed by atoms with Gasteiger partial charge in [-0.3, -0.25) is 0 Å². The van der Waals surface area contributed by atoms with Gasteiger partial charge in [-0.25, -0.2) is 9.59 Å². The van der Waals surface area contributed by atoms with Crippen LogP contribution in [0.4, 0.5) is 0 Å². The number of esters is 2. The average molecular weight is 363 g/mol. The van der Waals surface area contributed by atoms with Gasteiger partial charge in [0, 0.05) is 0 Å². The molecular formula is C22H34O4. The fourth-order valence-electron chi connectivity index (χ4n) is 2.77. The van der Waals surface area contributed by atoms with E-state index < -0.39 is 11.9 Å². The number of rotatable bonds is 13. The smallest absolute Gasteiger partial charge is 0.339 e. The molecule has 1 aromatic rings. The second-order valence-electron chi connectivity index (χ2n) is 6.81. The molecule has 0 bridgehead atoms. The van der Waals surface area contributed by atoms with Crippen LogP contribution >= 0.6 is 0 Å². The van der Waals surface area contributed by atoms with E-state index in [1.54, 1.807) is 24.3 Å². The highest BCUT2D eigenvalue weighted by molar-refractivity contribution is 6.03. The molecule has 146 valence electrons. The van der Waals surface area contributed by atoms with Crippen molar-refractivity contribution in [3.63, 3.8) is 0 Å². The Morgan fingerprint density at radius 1 is 0.846 bits per heavy atom. The van der Waals surface area contributed by atoms with Gasteiger partial charge in [-0.2, -0.15) is 0 Å².